The topological polar surface area (TPSA) is 46.6 Å². The molecule has 4 nitrogen and oxygen atoms in total. The molecular weight excluding hydrogens is 285 g/mol. The molecule has 0 atom stereocenters. The molecule has 1 aliphatic heterocycles. The van der Waals surface area contributed by atoms with Gasteiger partial charge in [-0.15, -0.1) is 0 Å². The number of Topliss-reactive ketones (excluding diaryl/α,β-unsaturated/α-hetero) is 1. The van der Waals surface area contributed by atoms with Crippen LogP contribution in [0.1, 0.15) is 27.6 Å². The molecule has 0 fully saturated rings. The quantitative estimate of drug-likeness (QED) is 0.801. The van der Waals surface area contributed by atoms with E-state index in [1.165, 1.54) is 31.2 Å². The lowest BCUT2D eigenvalue weighted by Crippen LogP contribution is -2.38. The first-order valence-electron chi connectivity index (χ1n) is 6.91. The van der Waals surface area contributed by atoms with Crippen molar-refractivity contribution in [3.8, 4) is 5.75 Å². The lowest BCUT2D eigenvalue weighted by atomic mass is 10.1. The second-order valence-electron chi connectivity index (χ2n) is 5.05. The first-order chi connectivity index (χ1) is 10.6. The molecule has 0 aliphatic carbocycles. The summed E-state index contributed by atoms with van der Waals surface area (Å²) in [7, 11) is 0. The third kappa shape index (κ3) is 2.57. The van der Waals surface area contributed by atoms with Crippen LogP contribution in [0, 0.1) is 5.82 Å². The number of carbonyl (C=O) groups excluding carboxylic acids is 2. The minimum Gasteiger partial charge on any atom is -0.490 e. The van der Waals surface area contributed by atoms with Gasteiger partial charge >= 0.3 is 0 Å². The van der Waals surface area contributed by atoms with Gasteiger partial charge in [0.05, 0.1) is 12.2 Å². The predicted molar refractivity (Wildman–Crippen MR) is 80.0 cm³/mol. The minimum atomic E-state index is -0.391. The summed E-state index contributed by atoms with van der Waals surface area (Å²) in [4.78, 5) is 25.7. The Morgan fingerprint density at radius 3 is 2.45 bits per heavy atom. The molecule has 0 saturated heterocycles. The van der Waals surface area contributed by atoms with E-state index in [9.17, 15) is 14.0 Å². The largest absolute Gasteiger partial charge is 0.490 e. The van der Waals surface area contributed by atoms with Crippen molar-refractivity contribution >= 4 is 17.4 Å². The zero-order chi connectivity index (χ0) is 15.7. The van der Waals surface area contributed by atoms with Crippen LogP contribution in [-0.4, -0.2) is 24.8 Å². The van der Waals surface area contributed by atoms with Crippen molar-refractivity contribution < 1.29 is 18.7 Å². The molecule has 2 aromatic rings. The summed E-state index contributed by atoms with van der Waals surface area (Å²) in [6.07, 6.45) is 0. The van der Waals surface area contributed by atoms with E-state index in [2.05, 4.69) is 0 Å². The lowest BCUT2D eigenvalue weighted by Gasteiger charge is -2.30. The molecule has 0 bridgehead atoms. The van der Waals surface area contributed by atoms with Crippen LogP contribution >= 0.6 is 0 Å². The van der Waals surface area contributed by atoms with E-state index in [0.717, 1.165) is 0 Å². The zero-order valence-electron chi connectivity index (χ0n) is 12.0. The Morgan fingerprint density at radius 1 is 1.09 bits per heavy atom. The van der Waals surface area contributed by atoms with Gasteiger partial charge in [-0.3, -0.25) is 9.59 Å². The van der Waals surface area contributed by atoms with Crippen LogP contribution in [0.15, 0.2) is 42.5 Å². The summed E-state index contributed by atoms with van der Waals surface area (Å²) in [6.45, 7) is 2.22. The second-order valence-corrected chi connectivity index (χ2v) is 5.05. The molecule has 1 amide bonds. The Bertz CT molecular complexity index is 740. The average Bonchev–Trinajstić information content (AvgIpc) is 2.53. The molecule has 1 aliphatic rings. The Hall–Kier alpha value is -2.69. The van der Waals surface area contributed by atoms with Crippen LogP contribution in [0.25, 0.3) is 0 Å². The third-order valence-electron chi connectivity index (χ3n) is 3.57. The van der Waals surface area contributed by atoms with Crippen LogP contribution in [0.5, 0.6) is 5.75 Å². The molecule has 0 radical (unpaired) electrons. The molecule has 0 N–H and O–H groups in total. The number of nitrogens with zero attached hydrogens (tertiary/aromatic N) is 1. The van der Waals surface area contributed by atoms with E-state index < -0.39 is 5.82 Å². The van der Waals surface area contributed by atoms with Gasteiger partial charge in [-0.2, -0.15) is 0 Å². The number of hydrogen-bond donors (Lipinski definition) is 0. The summed E-state index contributed by atoms with van der Waals surface area (Å²) in [5.74, 6) is -0.155. The van der Waals surface area contributed by atoms with E-state index >= 15 is 0 Å². The van der Waals surface area contributed by atoms with Crippen molar-refractivity contribution in [1.29, 1.82) is 0 Å². The molecule has 0 aromatic heterocycles. The number of rotatable bonds is 2. The van der Waals surface area contributed by atoms with E-state index in [1.807, 2.05) is 0 Å². The summed E-state index contributed by atoms with van der Waals surface area (Å²) >= 11 is 0. The number of ketones is 1. The van der Waals surface area contributed by atoms with Crippen molar-refractivity contribution in [2.45, 2.75) is 6.92 Å². The highest BCUT2D eigenvalue weighted by Crippen LogP contribution is 2.33. The summed E-state index contributed by atoms with van der Waals surface area (Å²) in [6, 6.07) is 10.4. The summed E-state index contributed by atoms with van der Waals surface area (Å²) < 4.78 is 18.5. The maximum absolute atomic E-state index is 13.0. The van der Waals surface area contributed by atoms with Crippen molar-refractivity contribution in [3.05, 3.63) is 59.4 Å². The van der Waals surface area contributed by atoms with Gasteiger partial charge in [0.15, 0.2) is 5.78 Å². The van der Waals surface area contributed by atoms with Crippen molar-refractivity contribution in [3.63, 3.8) is 0 Å². The van der Waals surface area contributed by atoms with E-state index in [-0.39, 0.29) is 11.7 Å². The smallest absolute Gasteiger partial charge is 0.258 e. The Balaban J connectivity index is 1.99. The van der Waals surface area contributed by atoms with Gasteiger partial charge in [0.1, 0.15) is 18.2 Å². The molecule has 22 heavy (non-hydrogen) atoms. The fourth-order valence-electron chi connectivity index (χ4n) is 2.40. The number of halogens is 1. The maximum Gasteiger partial charge on any atom is 0.258 e. The average molecular weight is 299 g/mol. The zero-order valence-corrected chi connectivity index (χ0v) is 12.0. The molecule has 5 heteroatoms. The molecule has 2 aromatic carbocycles. The predicted octanol–water partition coefficient (Wildman–Crippen LogP) is 3.07. The number of anilines is 1. The van der Waals surface area contributed by atoms with Gasteiger partial charge in [-0.25, -0.2) is 4.39 Å². The summed E-state index contributed by atoms with van der Waals surface area (Å²) in [5, 5.41) is 0. The molecule has 1 heterocycles. The lowest BCUT2D eigenvalue weighted by molar-refractivity contribution is 0.0973. The van der Waals surface area contributed by atoms with Gasteiger partial charge in [0, 0.05) is 11.1 Å². The molecule has 0 spiro atoms. The van der Waals surface area contributed by atoms with Gasteiger partial charge in [0.2, 0.25) is 0 Å². The molecule has 3 rings (SSSR count). The molecule has 0 saturated carbocycles. The first-order valence-corrected chi connectivity index (χ1v) is 6.91. The van der Waals surface area contributed by atoms with Gasteiger partial charge in [-0.1, -0.05) is 0 Å². The SMILES string of the molecule is CC(=O)c1ccc2c(c1)N(C(=O)c1ccc(F)cc1)CCO2. The molecular formula is C17H14FNO3. The first kappa shape index (κ1) is 14.3. The van der Waals surface area contributed by atoms with Crippen molar-refractivity contribution in [2.75, 3.05) is 18.1 Å². The van der Waals surface area contributed by atoms with Crippen molar-refractivity contribution in [2.24, 2.45) is 0 Å². The fourth-order valence-corrected chi connectivity index (χ4v) is 2.40. The summed E-state index contributed by atoms with van der Waals surface area (Å²) in [5.41, 5.74) is 1.47. The van der Waals surface area contributed by atoms with Crippen LogP contribution in [0.4, 0.5) is 10.1 Å². The monoisotopic (exact) mass is 299 g/mol. The number of carbonyl (C=O) groups is 2. The number of hydrogen-bond acceptors (Lipinski definition) is 3. The highest BCUT2D eigenvalue weighted by atomic mass is 19.1. The minimum absolute atomic E-state index is 0.0810. The maximum atomic E-state index is 13.0. The van der Waals surface area contributed by atoms with Crippen molar-refractivity contribution in [1.82, 2.24) is 0 Å². The van der Waals surface area contributed by atoms with Gasteiger partial charge in [-0.05, 0) is 49.4 Å². The van der Waals surface area contributed by atoms with Gasteiger partial charge in [0.25, 0.3) is 5.91 Å². The number of benzene rings is 2. The van der Waals surface area contributed by atoms with Crippen LogP contribution in [0.3, 0.4) is 0 Å². The van der Waals surface area contributed by atoms with E-state index in [0.29, 0.717) is 35.7 Å². The standard InChI is InChI=1S/C17H14FNO3/c1-11(20)13-4-7-16-15(10-13)19(8-9-22-16)17(21)12-2-5-14(18)6-3-12/h2-7,10H,8-9H2,1H3. The van der Waals surface area contributed by atoms with Crippen LogP contribution in [0.2, 0.25) is 0 Å². The highest BCUT2D eigenvalue weighted by molar-refractivity contribution is 6.08. The van der Waals surface area contributed by atoms with Crippen LogP contribution < -0.4 is 9.64 Å². The van der Waals surface area contributed by atoms with E-state index in [1.54, 1.807) is 23.1 Å². The fraction of sp³-hybridized carbons (Fsp3) is 0.176. The number of fused-ring (bicyclic) bond motifs is 1. The third-order valence-corrected chi connectivity index (χ3v) is 3.57. The second kappa shape index (κ2) is 5.60. The Labute approximate surface area is 127 Å². The van der Waals surface area contributed by atoms with E-state index in [4.69, 9.17) is 4.74 Å². The number of amides is 1. The highest BCUT2D eigenvalue weighted by Gasteiger charge is 2.25. The Morgan fingerprint density at radius 2 is 1.77 bits per heavy atom. The number of ether oxygens (including phenoxy) is 1. The van der Waals surface area contributed by atoms with Crippen LogP contribution in [-0.2, 0) is 0 Å². The van der Waals surface area contributed by atoms with Gasteiger partial charge < -0.3 is 9.64 Å². The normalized spacial score (nSPS) is 13.3. The molecule has 0 unspecified atom stereocenters. The molecule has 112 valence electrons. The Kier molecular flexibility index (Phi) is 3.63.